The second-order valence-corrected chi connectivity index (χ2v) is 6.20. The number of piperazine rings is 1. The van der Waals surface area contributed by atoms with E-state index in [0.717, 1.165) is 18.2 Å². The second-order valence-electron chi connectivity index (χ2n) is 6.20. The normalized spacial score (nSPS) is 13.9. The number of non-ortho nitro benzene ring substituents is 2. The molecule has 2 amide bonds. The van der Waals surface area contributed by atoms with Gasteiger partial charge in [0.25, 0.3) is 23.2 Å². The third-order valence-corrected chi connectivity index (χ3v) is 4.45. The molecule has 1 saturated heterocycles. The Bertz CT molecular complexity index is 906. The van der Waals surface area contributed by atoms with Gasteiger partial charge in [0.05, 0.1) is 21.5 Å². The number of nitro benzene ring substituents is 2. The molecule has 0 saturated carbocycles. The van der Waals surface area contributed by atoms with Gasteiger partial charge in [0.1, 0.15) is 0 Å². The maximum atomic E-state index is 12.7. The lowest BCUT2D eigenvalue weighted by Crippen LogP contribution is -2.50. The SMILES string of the molecule is O=C(c1ccccc1)N1CCN(C(=O)c2cc([N+](=O)[O-])cc([N+](=O)[O-])c2)CC1. The molecular weight excluding hydrogens is 368 g/mol. The Labute approximate surface area is 159 Å². The molecule has 1 aliphatic rings. The first-order valence-electron chi connectivity index (χ1n) is 8.44. The first-order valence-corrected chi connectivity index (χ1v) is 8.44. The summed E-state index contributed by atoms with van der Waals surface area (Å²) >= 11 is 0. The lowest BCUT2D eigenvalue weighted by molar-refractivity contribution is -0.394. The fraction of sp³-hybridized carbons (Fsp3) is 0.222. The molecule has 0 spiro atoms. The Kier molecular flexibility index (Phi) is 5.30. The van der Waals surface area contributed by atoms with Crippen LogP contribution in [-0.4, -0.2) is 57.6 Å². The van der Waals surface area contributed by atoms with Crippen molar-refractivity contribution in [3.63, 3.8) is 0 Å². The third-order valence-electron chi connectivity index (χ3n) is 4.45. The van der Waals surface area contributed by atoms with Gasteiger partial charge in [-0.15, -0.1) is 0 Å². The molecule has 0 unspecified atom stereocenters. The first kappa shape index (κ1) is 19.0. The molecule has 1 aliphatic heterocycles. The largest absolute Gasteiger partial charge is 0.335 e. The van der Waals surface area contributed by atoms with Crippen molar-refractivity contribution < 1.29 is 19.4 Å². The van der Waals surface area contributed by atoms with E-state index < -0.39 is 27.1 Å². The Morgan fingerprint density at radius 1 is 0.714 bits per heavy atom. The van der Waals surface area contributed by atoms with Crippen LogP contribution in [0.4, 0.5) is 11.4 Å². The minimum Gasteiger partial charge on any atom is -0.335 e. The molecule has 3 rings (SSSR count). The van der Waals surface area contributed by atoms with E-state index in [0.29, 0.717) is 18.7 Å². The number of carbonyl (C=O) groups is 2. The highest BCUT2D eigenvalue weighted by molar-refractivity contribution is 5.96. The predicted molar refractivity (Wildman–Crippen MR) is 98.0 cm³/mol. The minimum absolute atomic E-state index is 0.122. The van der Waals surface area contributed by atoms with Crippen molar-refractivity contribution in [2.45, 2.75) is 0 Å². The van der Waals surface area contributed by atoms with Gasteiger partial charge in [-0.25, -0.2) is 0 Å². The Morgan fingerprint density at radius 2 is 1.14 bits per heavy atom. The van der Waals surface area contributed by atoms with E-state index in [2.05, 4.69) is 0 Å². The van der Waals surface area contributed by atoms with Crippen LogP contribution in [0.15, 0.2) is 48.5 Å². The molecule has 0 radical (unpaired) electrons. The fourth-order valence-corrected chi connectivity index (χ4v) is 2.99. The lowest BCUT2D eigenvalue weighted by Gasteiger charge is -2.34. The van der Waals surface area contributed by atoms with Crippen molar-refractivity contribution in [3.8, 4) is 0 Å². The molecule has 1 fully saturated rings. The van der Waals surface area contributed by atoms with Gasteiger partial charge in [0, 0.05) is 43.9 Å². The maximum absolute atomic E-state index is 12.7. The van der Waals surface area contributed by atoms with Gasteiger partial charge in [-0.1, -0.05) is 18.2 Å². The van der Waals surface area contributed by atoms with Crippen LogP contribution >= 0.6 is 0 Å². The molecule has 10 nitrogen and oxygen atoms in total. The number of nitrogens with zero attached hydrogens (tertiary/aromatic N) is 4. The number of hydrogen-bond donors (Lipinski definition) is 0. The minimum atomic E-state index is -0.778. The highest BCUT2D eigenvalue weighted by Gasteiger charge is 2.27. The summed E-state index contributed by atoms with van der Waals surface area (Å²) in [4.78, 5) is 48.6. The van der Waals surface area contributed by atoms with Crippen molar-refractivity contribution in [1.82, 2.24) is 9.80 Å². The maximum Gasteiger partial charge on any atom is 0.277 e. The zero-order valence-corrected chi connectivity index (χ0v) is 14.7. The zero-order chi connectivity index (χ0) is 20.3. The van der Waals surface area contributed by atoms with Gasteiger partial charge in [-0.05, 0) is 12.1 Å². The number of hydrogen-bond acceptors (Lipinski definition) is 6. The zero-order valence-electron chi connectivity index (χ0n) is 14.7. The van der Waals surface area contributed by atoms with E-state index in [-0.39, 0.29) is 24.6 Å². The van der Waals surface area contributed by atoms with E-state index in [9.17, 15) is 29.8 Å². The monoisotopic (exact) mass is 384 g/mol. The van der Waals surface area contributed by atoms with E-state index in [4.69, 9.17) is 0 Å². The summed E-state index contributed by atoms with van der Waals surface area (Å²) in [6.07, 6.45) is 0. The van der Waals surface area contributed by atoms with Gasteiger partial charge >= 0.3 is 0 Å². The second kappa shape index (κ2) is 7.82. The highest BCUT2D eigenvalue weighted by atomic mass is 16.6. The number of nitro groups is 2. The van der Waals surface area contributed by atoms with Gasteiger partial charge in [-0.3, -0.25) is 29.8 Å². The topological polar surface area (TPSA) is 127 Å². The number of amides is 2. The van der Waals surface area contributed by atoms with Gasteiger partial charge in [-0.2, -0.15) is 0 Å². The lowest BCUT2D eigenvalue weighted by atomic mass is 10.1. The average molecular weight is 384 g/mol. The Hall–Kier alpha value is -3.82. The molecule has 10 heteroatoms. The van der Waals surface area contributed by atoms with Crippen LogP contribution in [0.5, 0.6) is 0 Å². The van der Waals surface area contributed by atoms with E-state index in [1.165, 1.54) is 4.90 Å². The van der Waals surface area contributed by atoms with Crippen molar-refractivity contribution in [3.05, 3.63) is 79.9 Å². The van der Waals surface area contributed by atoms with Crippen molar-refractivity contribution in [1.29, 1.82) is 0 Å². The van der Waals surface area contributed by atoms with Crippen LogP contribution in [0.3, 0.4) is 0 Å². The van der Waals surface area contributed by atoms with Crippen molar-refractivity contribution in [2.24, 2.45) is 0 Å². The Morgan fingerprint density at radius 3 is 1.57 bits per heavy atom. The highest BCUT2D eigenvalue weighted by Crippen LogP contribution is 2.24. The van der Waals surface area contributed by atoms with E-state index in [1.54, 1.807) is 29.2 Å². The number of benzene rings is 2. The van der Waals surface area contributed by atoms with Gasteiger partial charge in [0.15, 0.2) is 0 Å². The molecule has 2 aromatic rings. The van der Waals surface area contributed by atoms with Gasteiger partial charge < -0.3 is 9.80 Å². The standard InChI is InChI=1S/C18H16N4O6/c23-17(13-4-2-1-3-5-13)19-6-8-20(9-7-19)18(24)14-10-15(21(25)26)12-16(11-14)22(27)28/h1-5,10-12H,6-9H2. The molecule has 0 bridgehead atoms. The van der Waals surface area contributed by atoms with Crippen LogP contribution in [0.1, 0.15) is 20.7 Å². The molecule has 28 heavy (non-hydrogen) atoms. The average Bonchev–Trinajstić information content (AvgIpc) is 2.73. The van der Waals surface area contributed by atoms with Crippen LogP contribution < -0.4 is 0 Å². The van der Waals surface area contributed by atoms with Crippen LogP contribution in [0.25, 0.3) is 0 Å². The van der Waals surface area contributed by atoms with E-state index in [1.807, 2.05) is 6.07 Å². The number of rotatable bonds is 4. The quantitative estimate of drug-likeness (QED) is 0.587. The summed E-state index contributed by atoms with van der Waals surface area (Å²) in [5.41, 5.74) is -0.605. The van der Waals surface area contributed by atoms with Crippen molar-refractivity contribution >= 4 is 23.2 Å². The molecular formula is C18H16N4O6. The molecule has 0 N–H and O–H groups in total. The third kappa shape index (κ3) is 3.95. The number of carbonyl (C=O) groups excluding carboxylic acids is 2. The van der Waals surface area contributed by atoms with E-state index >= 15 is 0 Å². The summed E-state index contributed by atoms with van der Waals surface area (Å²) in [5, 5.41) is 22.0. The summed E-state index contributed by atoms with van der Waals surface area (Å²) < 4.78 is 0. The molecule has 0 aliphatic carbocycles. The fourth-order valence-electron chi connectivity index (χ4n) is 2.99. The van der Waals surface area contributed by atoms with Gasteiger partial charge in [0.2, 0.25) is 0 Å². The smallest absolute Gasteiger partial charge is 0.277 e. The summed E-state index contributed by atoms with van der Waals surface area (Å²) in [6.45, 7) is 1.06. The Balaban J connectivity index is 1.72. The summed E-state index contributed by atoms with van der Waals surface area (Å²) in [5.74, 6) is -0.683. The predicted octanol–water partition coefficient (Wildman–Crippen LogP) is 2.10. The summed E-state index contributed by atoms with van der Waals surface area (Å²) in [7, 11) is 0. The molecule has 1 heterocycles. The van der Waals surface area contributed by atoms with Crippen LogP contribution in [-0.2, 0) is 0 Å². The molecule has 0 aromatic heterocycles. The molecule has 144 valence electrons. The molecule has 0 atom stereocenters. The van der Waals surface area contributed by atoms with Crippen molar-refractivity contribution in [2.75, 3.05) is 26.2 Å². The molecule has 2 aromatic carbocycles. The van der Waals surface area contributed by atoms with Crippen LogP contribution in [0, 0.1) is 20.2 Å². The summed E-state index contributed by atoms with van der Waals surface area (Å²) in [6, 6.07) is 11.6. The first-order chi connectivity index (χ1) is 13.4. The van der Waals surface area contributed by atoms with Crippen LogP contribution in [0.2, 0.25) is 0 Å².